The summed E-state index contributed by atoms with van der Waals surface area (Å²) in [5.41, 5.74) is 35.7. The molecule has 1 aliphatic carbocycles. The lowest BCUT2D eigenvalue weighted by Gasteiger charge is -2.47. The molecule has 0 bridgehead atoms. The molecule has 0 unspecified atom stereocenters. The molecule has 1 saturated carbocycles. The van der Waals surface area contributed by atoms with E-state index in [9.17, 15) is 39.1 Å². The molecule has 4 aliphatic rings. The van der Waals surface area contributed by atoms with Crippen molar-refractivity contribution in [3.63, 3.8) is 0 Å². The molecule has 4 rings (SSSR count). The smallest absolute Gasteiger partial charge is 0.394 e. The van der Waals surface area contributed by atoms with Crippen molar-refractivity contribution in [1.29, 1.82) is 0 Å². The Labute approximate surface area is 263 Å². The molecule has 22 nitrogen and oxygen atoms in total. The van der Waals surface area contributed by atoms with Gasteiger partial charge in [0.2, 0.25) is 0 Å². The zero-order chi connectivity index (χ0) is 34.2. The predicted molar refractivity (Wildman–Crippen MR) is 149 cm³/mol. The molecule has 19 N–H and O–H groups in total. The van der Waals surface area contributed by atoms with Gasteiger partial charge in [-0.2, -0.15) is 8.42 Å². The van der Waals surface area contributed by atoms with Crippen LogP contribution in [-0.4, -0.2) is 180 Å². The Bertz CT molecular complexity index is 1100. The van der Waals surface area contributed by atoms with E-state index in [0.29, 0.717) is 0 Å². The predicted octanol–water partition coefficient (Wildman–Crippen LogP) is -9.07. The maximum absolute atomic E-state index is 11.3. The van der Waals surface area contributed by atoms with E-state index in [1.807, 2.05) is 0 Å². The zero-order valence-electron chi connectivity index (χ0n) is 24.5. The number of hydrogen-bond donors (Lipinski definition) is 13. The lowest BCUT2D eigenvalue weighted by Crippen LogP contribution is -2.68. The molecule has 0 spiro atoms. The third kappa shape index (κ3) is 7.96. The molecule has 0 radical (unpaired) electrons. The Morgan fingerprint density at radius 3 is 1.70 bits per heavy atom. The van der Waals surface area contributed by atoms with E-state index in [0.717, 1.165) is 0 Å². The highest BCUT2D eigenvalue weighted by molar-refractivity contribution is 7.80. The van der Waals surface area contributed by atoms with Gasteiger partial charge in [0.25, 0.3) is 0 Å². The number of aliphatic hydroxyl groups excluding tert-OH is 6. The van der Waals surface area contributed by atoms with Gasteiger partial charge in [-0.15, -0.1) is 0 Å². The summed E-state index contributed by atoms with van der Waals surface area (Å²) < 4.78 is 70.7. The monoisotopic (exact) mass is 694 g/mol. The van der Waals surface area contributed by atoms with Gasteiger partial charge in [-0.1, -0.05) is 0 Å². The van der Waals surface area contributed by atoms with Crippen molar-refractivity contribution in [3.8, 4) is 0 Å². The summed E-state index contributed by atoms with van der Waals surface area (Å²) in [6.45, 7) is -1.30. The lowest BCUT2D eigenvalue weighted by molar-refractivity contribution is -0.305. The third-order valence-corrected chi connectivity index (χ3v) is 9.04. The van der Waals surface area contributed by atoms with Gasteiger partial charge >= 0.3 is 10.4 Å². The first kappa shape index (κ1) is 38.0. The molecular weight excluding hydrogens is 648 g/mol. The highest BCUT2D eigenvalue weighted by Gasteiger charge is 2.54. The molecule has 4 fully saturated rings. The Morgan fingerprint density at radius 1 is 0.609 bits per heavy atom. The molecule has 46 heavy (non-hydrogen) atoms. The summed E-state index contributed by atoms with van der Waals surface area (Å²) in [4.78, 5) is 0. The minimum atomic E-state index is -5.04. The molecule has 3 aliphatic heterocycles. The average Bonchev–Trinajstić information content (AvgIpc) is 3.29. The topological polar surface area (TPSA) is 396 Å². The molecule has 0 aromatic heterocycles. The van der Waals surface area contributed by atoms with Crippen LogP contribution in [0.5, 0.6) is 0 Å². The molecule has 3 heterocycles. The highest BCUT2D eigenvalue weighted by Crippen LogP contribution is 2.34. The quantitative estimate of drug-likeness (QED) is 0.0892. The van der Waals surface area contributed by atoms with Gasteiger partial charge in [0.15, 0.2) is 18.9 Å². The van der Waals surface area contributed by atoms with Crippen LogP contribution in [0.1, 0.15) is 6.42 Å². The number of hydrogen-bond acceptors (Lipinski definition) is 21. The van der Waals surface area contributed by atoms with Crippen LogP contribution in [0, 0.1) is 0 Å². The average molecular weight is 695 g/mol. The summed E-state index contributed by atoms with van der Waals surface area (Å²) in [5, 5.41) is 63.3. The van der Waals surface area contributed by atoms with Crippen molar-refractivity contribution in [2.45, 2.75) is 123 Å². The number of nitrogens with two attached hydrogens (primary N) is 6. The van der Waals surface area contributed by atoms with Gasteiger partial charge in [-0.05, 0) is 6.42 Å². The zero-order valence-corrected chi connectivity index (χ0v) is 25.3. The molecule has 3 saturated heterocycles. The number of ether oxygens (including phenoxy) is 6. The standard InChI is InChI=1S/C23H46N6O16S/c24-2-7-13(32)14(33)10(28)21(39-7)43-18-9(4-30)41-23(16(18)35)44-20-12(31)5(26)1-6(27)17(20)42-22-11(29)15(34)19(8(3-25)40-22)45-46(36,37)38/h5-23,30-35H,1-4,24-29H2,(H,36,37,38)/t5-,6+,7-,8-,9-,10+,11-,12+,13+,14+,15-,16-,17-,18-,19-,20-,21+,22-,23+/m1/s1. The summed E-state index contributed by atoms with van der Waals surface area (Å²) >= 11 is 0. The fourth-order valence-electron chi connectivity index (χ4n) is 5.98. The minimum Gasteiger partial charge on any atom is -0.394 e. The first-order chi connectivity index (χ1) is 21.5. The minimum absolute atomic E-state index is 0.00249. The summed E-state index contributed by atoms with van der Waals surface area (Å²) in [5.74, 6) is 0. The summed E-state index contributed by atoms with van der Waals surface area (Å²) in [6, 6.07) is -4.70. The largest absolute Gasteiger partial charge is 0.397 e. The second kappa shape index (κ2) is 15.4. The molecule has 19 atom stereocenters. The van der Waals surface area contributed by atoms with E-state index in [1.54, 1.807) is 0 Å². The summed E-state index contributed by atoms with van der Waals surface area (Å²) in [6.07, 6.45) is -21.9. The van der Waals surface area contributed by atoms with Crippen LogP contribution in [0.15, 0.2) is 0 Å². The third-order valence-electron chi connectivity index (χ3n) is 8.58. The van der Waals surface area contributed by atoms with Gasteiger partial charge < -0.3 is 93.5 Å². The van der Waals surface area contributed by atoms with Crippen LogP contribution in [0.4, 0.5) is 0 Å². The van der Waals surface area contributed by atoms with Crippen molar-refractivity contribution in [2.24, 2.45) is 34.4 Å². The van der Waals surface area contributed by atoms with Crippen LogP contribution in [-0.2, 0) is 43.0 Å². The van der Waals surface area contributed by atoms with Crippen LogP contribution in [0.2, 0.25) is 0 Å². The SMILES string of the molecule is NC[C@H]1O[C@@H](O[C@H]2[C@@H](O)[C@H](O[C@@H]3[C@@H](O)[C@H](N)C[C@H](N)[C@H]3O[C@H]3O[C@H](CN)[C@@H](OS(=O)(=O)O)[C@H](O)[C@H]3N)O[C@@H]2CO)[C@@H](N)[C@H](O)[C@H]1O. The Kier molecular flexibility index (Phi) is 12.7. The fraction of sp³-hybridized carbons (Fsp3) is 1.00. The van der Waals surface area contributed by atoms with E-state index in [1.165, 1.54) is 0 Å². The maximum Gasteiger partial charge on any atom is 0.397 e. The molecule has 0 amide bonds. The van der Waals surface area contributed by atoms with Crippen LogP contribution >= 0.6 is 0 Å². The van der Waals surface area contributed by atoms with Crippen molar-refractivity contribution in [3.05, 3.63) is 0 Å². The first-order valence-electron chi connectivity index (χ1n) is 14.5. The lowest BCUT2D eigenvalue weighted by atomic mass is 9.84. The van der Waals surface area contributed by atoms with E-state index in [-0.39, 0.29) is 13.0 Å². The van der Waals surface area contributed by atoms with E-state index < -0.39 is 140 Å². The first-order valence-corrected chi connectivity index (χ1v) is 15.9. The van der Waals surface area contributed by atoms with Gasteiger partial charge in [-0.25, -0.2) is 4.18 Å². The Morgan fingerprint density at radius 2 is 1.13 bits per heavy atom. The van der Waals surface area contributed by atoms with Crippen LogP contribution in [0.3, 0.4) is 0 Å². The van der Waals surface area contributed by atoms with Gasteiger partial charge in [-0.3, -0.25) is 4.55 Å². The molecule has 270 valence electrons. The molecular formula is C23H46N6O16S. The van der Waals surface area contributed by atoms with Gasteiger partial charge in [0.05, 0.1) is 24.8 Å². The molecule has 0 aromatic carbocycles. The van der Waals surface area contributed by atoms with E-state index >= 15 is 0 Å². The second-order valence-electron chi connectivity index (χ2n) is 11.7. The van der Waals surface area contributed by atoms with Crippen molar-refractivity contribution < 1.29 is 76.2 Å². The van der Waals surface area contributed by atoms with E-state index in [4.69, 9.17) is 67.4 Å². The normalized spacial score (nSPS) is 50.5. The Hall–Kier alpha value is -0.850. The molecule has 0 aromatic rings. The number of rotatable bonds is 11. The Balaban J connectivity index is 1.50. The highest BCUT2D eigenvalue weighted by atomic mass is 32.3. The van der Waals surface area contributed by atoms with Crippen molar-refractivity contribution in [2.75, 3.05) is 19.7 Å². The van der Waals surface area contributed by atoms with E-state index in [2.05, 4.69) is 4.18 Å². The van der Waals surface area contributed by atoms with Crippen LogP contribution < -0.4 is 34.4 Å². The number of aliphatic hydroxyl groups is 6. The van der Waals surface area contributed by atoms with Crippen LogP contribution in [0.25, 0.3) is 0 Å². The van der Waals surface area contributed by atoms with Gasteiger partial charge in [0, 0.05) is 25.2 Å². The van der Waals surface area contributed by atoms with Gasteiger partial charge in [0.1, 0.15) is 67.1 Å². The molecule has 23 heteroatoms. The second-order valence-corrected chi connectivity index (χ2v) is 12.8. The van der Waals surface area contributed by atoms with Crippen molar-refractivity contribution in [1.82, 2.24) is 0 Å². The summed E-state index contributed by atoms with van der Waals surface area (Å²) in [7, 11) is -5.04. The van der Waals surface area contributed by atoms with Crippen molar-refractivity contribution >= 4 is 10.4 Å². The maximum atomic E-state index is 11.3. The fourth-order valence-corrected chi connectivity index (χ4v) is 6.50.